The minimum Gasteiger partial charge on any atom is -0.396 e. The standard InChI is InChI=1S/C11H20N4O12/c16-5-1-3-10(12(18)19,13(20)21)7-26-9-27-8-11(14(22)23,15(24)25)4-2-6-17/h16-17H,1-9H2. The summed E-state index contributed by atoms with van der Waals surface area (Å²) in [6.45, 7) is -4.12. The van der Waals surface area contributed by atoms with E-state index in [1.54, 1.807) is 0 Å². The second-order valence-corrected chi connectivity index (χ2v) is 5.46. The molecular weight excluding hydrogens is 380 g/mol. The van der Waals surface area contributed by atoms with Gasteiger partial charge in [0.05, 0.1) is 12.8 Å². The number of nitro groups is 4. The van der Waals surface area contributed by atoms with Crippen LogP contribution in [0.3, 0.4) is 0 Å². The molecule has 0 spiro atoms. The van der Waals surface area contributed by atoms with Gasteiger partial charge in [0.15, 0.2) is 13.2 Å². The Morgan fingerprint density at radius 1 is 0.667 bits per heavy atom. The lowest BCUT2D eigenvalue weighted by atomic mass is 10.1. The largest absolute Gasteiger partial charge is 0.481 e. The minimum absolute atomic E-state index is 0.251. The molecule has 156 valence electrons. The van der Waals surface area contributed by atoms with Crippen LogP contribution >= 0.6 is 0 Å². The second-order valence-electron chi connectivity index (χ2n) is 5.46. The van der Waals surface area contributed by atoms with Gasteiger partial charge in [-0.15, -0.1) is 0 Å². The number of hydrogen-bond donors (Lipinski definition) is 2. The Hall–Kier alpha value is -2.56. The van der Waals surface area contributed by atoms with Crippen molar-refractivity contribution in [2.24, 2.45) is 0 Å². The van der Waals surface area contributed by atoms with Gasteiger partial charge in [0.25, 0.3) is 0 Å². The minimum atomic E-state index is -2.76. The smallest absolute Gasteiger partial charge is 0.396 e. The molecule has 0 atom stereocenters. The maximum atomic E-state index is 11.0. The normalized spacial score (nSPS) is 11.9. The second kappa shape index (κ2) is 11.2. The van der Waals surface area contributed by atoms with Gasteiger partial charge in [0, 0.05) is 13.2 Å². The van der Waals surface area contributed by atoms with Crippen molar-refractivity contribution in [3.8, 4) is 0 Å². The number of ether oxygens (including phenoxy) is 2. The van der Waals surface area contributed by atoms with Crippen molar-refractivity contribution in [1.29, 1.82) is 0 Å². The Morgan fingerprint density at radius 3 is 1.19 bits per heavy atom. The predicted molar refractivity (Wildman–Crippen MR) is 82.9 cm³/mol. The van der Waals surface area contributed by atoms with E-state index in [1.807, 2.05) is 0 Å². The van der Waals surface area contributed by atoms with Crippen molar-refractivity contribution in [3.05, 3.63) is 40.5 Å². The third-order valence-electron chi connectivity index (χ3n) is 3.66. The average Bonchev–Trinajstić information content (AvgIpc) is 2.58. The van der Waals surface area contributed by atoms with E-state index in [0.29, 0.717) is 0 Å². The summed E-state index contributed by atoms with van der Waals surface area (Å²) in [5.74, 6) is 0. The van der Waals surface area contributed by atoms with Crippen molar-refractivity contribution < 1.29 is 39.4 Å². The summed E-state index contributed by atoms with van der Waals surface area (Å²) in [6, 6.07) is 0. The molecule has 0 rings (SSSR count). The summed E-state index contributed by atoms with van der Waals surface area (Å²) < 4.78 is 9.39. The lowest BCUT2D eigenvalue weighted by Gasteiger charge is -2.18. The first-order valence-electron chi connectivity index (χ1n) is 7.56. The molecular formula is C11H20N4O12. The zero-order valence-corrected chi connectivity index (χ0v) is 14.1. The van der Waals surface area contributed by atoms with Crippen molar-refractivity contribution in [2.45, 2.75) is 37.0 Å². The van der Waals surface area contributed by atoms with Gasteiger partial charge in [0.2, 0.25) is 0 Å². The van der Waals surface area contributed by atoms with Crippen LogP contribution in [0.25, 0.3) is 0 Å². The molecule has 16 heteroatoms. The Morgan fingerprint density at radius 2 is 0.963 bits per heavy atom. The van der Waals surface area contributed by atoms with Crippen molar-refractivity contribution in [1.82, 2.24) is 0 Å². The fourth-order valence-electron chi connectivity index (χ4n) is 2.05. The molecule has 0 aliphatic rings. The fourth-order valence-corrected chi connectivity index (χ4v) is 2.05. The lowest BCUT2D eigenvalue weighted by Crippen LogP contribution is -2.51. The van der Waals surface area contributed by atoms with E-state index in [2.05, 4.69) is 0 Å². The van der Waals surface area contributed by atoms with Gasteiger partial charge in [-0.1, -0.05) is 0 Å². The number of rotatable bonds is 16. The molecule has 0 aliphatic heterocycles. The summed E-state index contributed by atoms with van der Waals surface area (Å²) in [7, 11) is 0. The van der Waals surface area contributed by atoms with E-state index < -0.39 is 77.1 Å². The third-order valence-corrected chi connectivity index (χ3v) is 3.66. The number of hydrogen-bond acceptors (Lipinski definition) is 12. The summed E-state index contributed by atoms with van der Waals surface area (Å²) in [4.78, 5) is 39.4. The molecule has 27 heavy (non-hydrogen) atoms. The molecule has 0 fully saturated rings. The molecule has 0 heterocycles. The molecule has 0 aromatic heterocycles. The van der Waals surface area contributed by atoms with Crippen molar-refractivity contribution in [2.75, 3.05) is 33.2 Å². The first-order valence-corrected chi connectivity index (χ1v) is 7.56. The number of aliphatic hydroxyl groups excluding tert-OH is 2. The van der Waals surface area contributed by atoms with Gasteiger partial charge in [-0.05, 0) is 12.8 Å². The van der Waals surface area contributed by atoms with Gasteiger partial charge in [0.1, 0.15) is 26.5 Å². The fraction of sp³-hybridized carbons (Fsp3) is 1.00. The molecule has 0 amide bonds. The predicted octanol–water partition coefficient (Wildman–Crippen LogP) is -0.978. The maximum Gasteiger partial charge on any atom is 0.481 e. The van der Waals surface area contributed by atoms with Crippen LogP contribution in [0.5, 0.6) is 0 Å². The van der Waals surface area contributed by atoms with Gasteiger partial charge in [-0.3, -0.25) is 40.5 Å². The van der Waals surface area contributed by atoms with Crippen LogP contribution in [0.1, 0.15) is 25.7 Å². The van der Waals surface area contributed by atoms with E-state index in [9.17, 15) is 40.5 Å². The van der Waals surface area contributed by atoms with Crippen LogP contribution < -0.4 is 0 Å². The van der Waals surface area contributed by atoms with E-state index in [-0.39, 0.29) is 12.8 Å². The van der Waals surface area contributed by atoms with Crippen LogP contribution in [-0.2, 0) is 9.47 Å². The molecule has 0 bridgehead atoms. The molecule has 0 aromatic carbocycles. The first-order chi connectivity index (χ1) is 12.6. The highest BCUT2D eigenvalue weighted by atomic mass is 16.7. The topological polar surface area (TPSA) is 231 Å². The number of aliphatic hydroxyl groups is 2. The monoisotopic (exact) mass is 400 g/mol. The molecule has 0 saturated heterocycles. The zero-order valence-electron chi connectivity index (χ0n) is 14.1. The van der Waals surface area contributed by atoms with Crippen LogP contribution in [0, 0.1) is 40.5 Å². The van der Waals surface area contributed by atoms with E-state index in [1.165, 1.54) is 0 Å². The molecule has 0 aliphatic carbocycles. The van der Waals surface area contributed by atoms with E-state index in [4.69, 9.17) is 19.7 Å². The summed E-state index contributed by atoms with van der Waals surface area (Å²) >= 11 is 0. The van der Waals surface area contributed by atoms with Crippen LogP contribution in [0.4, 0.5) is 0 Å². The Balaban J connectivity index is 4.91. The van der Waals surface area contributed by atoms with E-state index in [0.717, 1.165) is 0 Å². The Bertz CT molecular complexity index is 467. The van der Waals surface area contributed by atoms with Crippen LogP contribution in [0.15, 0.2) is 0 Å². The molecule has 0 unspecified atom stereocenters. The van der Waals surface area contributed by atoms with Gasteiger partial charge >= 0.3 is 11.3 Å². The average molecular weight is 400 g/mol. The quantitative estimate of drug-likeness (QED) is 0.138. The molecule has 0 aromatic rings. The molecule has 2 N–H and O–H groups in total. The molecule has 0 radical (unpaired) electrons. The maximum absolute atomic E-state index is 11.0. The lowest BCUT2D eigenvalue weighted by molar-refractivity contribution is -0.802. The van der Waals surface area contributed by atoms with Gasteiger partial charge in [-0.2, -0.15) is 0 Å². The number of nitrogens with zero attached hydrogens (tertiary/aromatic N) is 4. The Labute approximate surface area is 151 Å². The van der Waals surface area contributed by atoms with Crippen molar-refractivity contribution >= 4 is 0 Å². The first kappa shape index (κ1) is 24.4. The summed E-state index contributed by atoms with van der Waals surface area (Å²) in [5.41, 5.74) is -5.52. The third kappa shape index (κ3) is 6.27. The van der Waals surface area contributed by atoms with Crippen molar-refractivity contribution in [3.63, 3.8) is 0 Å². The molecule has 16 nitrogen and oxygen atoms in total. The SMILES string of the molecule is O=[N+]([O-])C(CCCO)(COCOCC(CCCO)([N+](=O)[O-])[N+](=O)[O-])[N+](=O)[O-]. The van der Waals surface area contributed by atoms with Gasteiger partial charge < -0.3 is 19.7 Å². The van der Waals surface area contributed by atoms with Crippen LogP contribution in [-0.4, -0.2) is 74.5 Å². The summed E-state index contributed by atoms with van der Waals surface area (Å²) in [6.07, 6.45) is -1.79. The van der Waals surface area contributed by atoms with Gasteiger partial charge in [-0.25, -0.2) is 0 Å². The van der Waals surface area contributed by atoms with E-state index >= 15 is 0 Å². The highest BCUT2D eigenvalue weighted by Crippen LogP contribution is 2.21. The Kier molecular flexibility index (Phi) is 10.2. The highest BCUT2D eigenvalue weighted by Gasteiger charge is 2.57. The van der Waals surface area contributed by atoms with Crippen LogP contribution in [0.2, 0.25) is 0 Å². The zero-order chi connectivity index (χ0) is 21.1. The summed E-state index contributed by atoms with van der Waals surface area (Å²) in [5, 5.41) is 61.6. The highest BCUT2D eigenvalue weighted by molar-refractivity contribution is 4.68. The molecule has 0 saturated carbocycles.